The minimum atomic E-state index is 0.111. The third-order valence-corrected chi connectivity index (χ3v) is 3.49. The molecule has 0 bridgehead atoms. The number of methoxy groups -OCH3 is 2. The van der Waals surface area contributed by atoms with Crippen molar-refractivity contribution >= 4 is 5.78 Å². The minimum Gasteiger partial charge on any atom is -0.493 e. The van der Waals surface area contributed by atoms with Crippen LogP contribution in [0, 0.1) is 13.8 Å². The molecule has 0 aliphatic rings. The number of hydrogen-bond acceptors (Lipinski definition) is 3. The Balaban J connectivity index is 2.23. The molecule has 0 amide bonds. The van der Waals surface area contributed by atoms with Crippen molar-refractivity contribution in [3.05, 3.63) is 58.7 Å². The second kappa shape index (κ2) is 6.44. The zero-order chi connectivity index (χ0) is 15.4. The highest BCUT2D eigenvalue weighted by atomic mass is 16.5. The Hall–Kier alpha value is -2.29. The molecule has 110 valence electrons. The predicted molar refractivity (Wildman–Crippen MR) is 83.5 cm³/mol. The lowest BCUT2D eigenvalue weighted by Crippen LogP contribution is -2.06. The number of benzene rings is 2. The highest BCUT2D eigenvalue weighted by Crippen LogP contribution is 2.28. The molecule has 0 aliphatic carbocycles. The standard InChI is InChI=1S/C18H20O3/c1-12-5-7-15(13(2)9-12)16(19)10-14-6-8-17(20-3)18(11-14)21-4/h5-9,11H,10H2,1-4H3. The number of ketones is 1. The molecule has 21 heavy (non-hydrogen) atoms. The van der Waals surface area contributed by atoms with Crippen molar-refractivity contribution in [1.82, 2.24) is 0 Å². The van der Waals surface area contributed by atoms with Crippen LogP contribution in [0.2, 0.25) is 0 Å². The summed E-state index contributed by atoms with van der Waals surface area (Å²) < 4.78 is 10.5. The fourth-order valence-electron chi connectivity index (χ4n) is 2.40. The van der Waals surface area contributed by atoms with Crippen LogP contribution in [-0.2, 0) is 6.42 Å². The maximum absolute atomic E-state index is 12.4. The fraction of sp³-hybridized carbons (Fsp3) is 0.278. The quantitative estimate of drug-likeness (QED) is 0.784. The van der Waals surface area contributed by atoms with Crippen molar-refractivity contribution in [3.8, 4) is 11.5 Å². The summed E-state index contributed by atoms with van der Waals surface area (Å²) >= 11 is 0. The summed E-state index contributed by atoms with van der Waals surface area (Å²) in [5.41, 5.74) is 3.86. The molecular weight excluding hydrogens is 264 g/mol. The van der Waals surface area contributed by atoms with Gasteiger partial charge in [-0.2, -0.15) is 0 Å². The molecule has 3 nitrogen and oxygen atoms in total. The number of carbonyl (C=O) groups is 1. The number of rotatable bonds is 5. The van der Waals surface area contributed by atoms with Crippen molar-refractivity contribution in [2.45, 2.75) is 20.3 Å². The van der Waals surface area contributed by atoms with E-state index >= 15 is 0 Å². The number of carbonyl (C=O) groups excluding carboxylic acids is 1. The average molecular weight is 284 g/mol. The largest absolute Gasteiger partial charge is 0.493 e. The molecule has 0 heterocycles. The first-order valence-electron chi connectivity index (χ1n) is 6.86. The van der Waals surface area contributed by atoms with Gasteiger partial charge in [0, 0.05) is 12.0 Å². The molecule has 2 aromatic carbocycles. The maximum atomic E-state index is 12.4. The van der Waals surface area contributed by atoms with Gasteiger partial charge in [0.25, 0.3) is 0 Å². The van der Waals surface area contributed by atoms with Gasteiger partial charge in [0.1, 0.15) is 0 Å². The van der Waals surface area contributed by atoms with E-state index in [1.54, 1.807) is 14.2 Å². The van der Waals surface area contributed by atoms with Crippen molar-refractivity contribution in [2.75, 3.05) is 14.2 Å². The van der Waals surface area contributed by atoms with Gasteiger partial charge in [0.15, 0.2) is 17.3 Å². The normalized spacial score (nSPS) is 10.3. The minimum absolute atomic E-state index is 0.111. The van der Waals surface area contributed by atoms with Gasteiger partial charge in [-0.05, 0) is 37.1 Å². The van der Waals surface area contributed by atoms with E-state index in [2.05, 4.69) is 0 Å². The maximum Gasteiger partial charge on any atom is 0.167 e. The van der Waals surface area contributed by atoms with Crippen LogP contribution in [0.3, 0.4) is 0 Å². The molecule has 0 saturated carbocycles. The van der Waals surface area contributed by atoms with Crippen molar-refractivity contribution in [2.24, 2.45) is 0 Å². The van der Waals surface area contributed by atoms with Crippen LogP contribution >= 0.6 is 0 Å². The van der Waals surface area contributed by atoms with Gasteiger partial charge < -0.3 is 9.47 Å². The summed E-state index contributed by atoms with van der Waals surface area (Å²) in [6.07, 6.45) is 0.351. The van der Waals surface area contributed by atoms with Gasteiger partial charge in [-0.3, -0.25) is 4.79 Å². The summed E-state index contributed by atoms with van der Waals surface area (Å²) in [5.74, 6) is 1.42. The Morgan fingerprint density at radius 3 is 2.29 bits per heavy atom. The Morgan fingerprint density at radius 1 is 0.952 bits per heavy atom. The SMILES string of the molecule is COc1ccc(CC(=O)c2ccc(C)cc2C)cc1OC. The molecule has 0 radical (unpaired) electrons. The highest BCUT2D eigenvalue weighted by Gasteiger charge is 2.12. The van der Waals surface area contributed by atoms with E-state index in [4.69, 9.17) is 9.47 Å². The summed E-state index contributed by atoms with van der Waals surface area (Å²) in [6, 6.07) is 11.5. The Labute approximate surface area is 125 Å². The van der Waals surface area contributed by atoms with E-state index in [9.17, 15) is 4.79 Å². The Kier molecular flexibility index (Phi) is 4.63. The fourth-order valence-corrected chi connectivity index (χ4v) is 2.40. The van der Waals surface area contributed by atoms with E-state index in [0.717, 1.165) is 22.3 Å². The third kappa shape index (κ3) is 3.43. The summed E-state index contributed by atoms with van der Waals surface area (Å²) in [6.45, 7) is 3.99. The number of Topliss-reactive ketones (excluding diaryl/α,β-unsaturated/α-hetero) is 1. The first kappa shape index (κ1) is 15.1. The van der Waals surface area contributed by atoms with E-state index in [-0.39, 0.29) is 5.78 Å². The van der Waals surface area contributed by atoms with Crippen molar-refractivity contribution in [3.63, 3.8) is 0 Å². The van der Waals surface area contributed by atoms with Gasteiger partial charge in [0.2, 0.25) is 0 Å². The van der Waals surface area contributed by atoms with Crippen LogP contribution in [0.4, 0.5) is 0 Å². The van der Waals surface area contributed by atoms with E-state index in [1.807, 2.05) is 50.2 Å². The first-order chi connectivity index (χ1) is 10.0. The lowest BCUT2D eigenvalue weighted by atomic mass is 9.97. The topological polar surface area (TPSA) is 35.5 Å². The van der Waals surface area contributed by atoms with Crippen LogP contribution in [0.15, 0.2) is 36.4 Å². The van der Waals surface area contributed by atoms with Gasteiger partial charge >= 0.3 is 0 Å². The van der Waals surface area contributed by atoms with Gasteiger partial charge in [-0.1, -0.05) is 29.8 Å². The molecule has 2 rings (SSSR count). The van der Waals surface area contributed by atoms with Gasteiger partial charge in [-0.15, -0.1) is 0 Å². The van der Waals surface area contributed by atoms with Crippen LogP contribution in [0.25, 0.3) is 0 Å². The molecule has 0 atom stereocenters. The smallest absolute Gasteiger partial charge is 0.167 e. The number of ether oxygens (including phenoxy) is 2. The molecule has 2 aromatic rings. The monoisotopic (exact) mass is 284 g/mol. The first-order valence-corrected chi connectivity index (χ1v) is 6.86. The zero-order valence-electron chi connectivity index (χ0n) is 12.9. The Bertz CT molecular complexity index is 660. The molecule has 0 spiro atoms. The van der Waals surface area contributed by atoms with Crippen LogP contribution < -0.4 is 9.47 Å². The summed E-state index contributed by atoms with van der Waals surface area (Å²) in [5, 5.41) is 0. The van der Waals surface area contributed by atoms with Crippen molar-refractivity contribution in [1.29, 1.82) is 0 Å². The number of hydrogen-bond donors (Lipinski definition) is 0. The zero-order valence-corrected chi connectivity index (χ0v) is 12.9. The predicted octanol–water partition coefficient (Wildman–Crippen LogP) is 3.75. The average Bonchev–Trinajstić information content (AvgIpc) is 2.46. The van der Waals surface area contributed by atoms with Gasteiger partial charge in [0.05, 0.1) is 14.2 Å². The van der Waals surface area contributed by atoms with E-state index in [1.165, 1.54) is 0 Å². The highest BCUT2D eigenvalue weighted by molar-refractivity contribution is 5.98. The molecule has 0 N–H and O–H groups in total. The van der Waals surface area contributed by atoms with Gasteiger partial charge in [-0.25, -0.2) is 0 Å². The summed E-state index contributed by atoms with van der Waals surface area (Å²) in [7, 11) is 3.19. The second-order valence-corrected chi connectivity index (χ2v) is 5.11. The molecule has 0 aromatic heterocycles. The van der Waals surface area contributed by atoms with Crippen LogP contribution in [0.5, 0.6) is 11.5 Å². The molecule has 0 fully saturated rings. The Morgan fingerprint density at radius 2 is 1.67 bits per heavy atom. The van der Waals surface area contributed by atoms with E-state index in [0.29, 0.717) is 17.9 Å². The molecule has 0 saturated heterocycles. The number of aryl methyl sites for hydroxylation is 2. The molecule has 0 unspecified atom stereocenters. The molecular formula is C18H20O3. The summed E-state index contributed by atoms with van der Waals surface area (Å²) in [4.78, 5) is 12.4. The molecule has 3 heteroatoms. The third-order valence-electron chi connectivity index (χ3n) is 3.49. The second-order valence-electron chi connectivity index (χ2n) is 5.11. The molecule has 0 aliphatic heterocycles. The van der Waals surface area contributed by atoms with E-state index < -0.39 is 0 Å². The lowest BCUT2D eigenvalue weighted by Gasteiger charge is -2.10. The lowest BCUT2D eigenvalue weighted by molar-refractivity contribution is 0.0992. The van der Waals surface area contributed by atoms with Crippen LogP contribution in [-0.4, -0.2) is 20.0 Å². The van der Waals surface area contributed by atoms with Crippen LogP contribution in [0.1, 0.15) is 27.0 Å². The van der Waals surface area contributed by atoms with Crippen molar-refractivity contribution < 1.29 is 14.3 Å².